The molecule has 1 saturated carbocycles. The molecule has 1 aromatic heterocycles. The zero-order valence-electron chi connectivity index (χ0n) is 10.5. The molecule has 1 aliphatic carbocycles. The first-order chi connectivity index (χ1) is 8.54. The molecule has 1 heterocycles. The van der Waals surface area contributed by atoms with Gasteiger partial charge in [-0.3, -0.25) is 0 Å². The number of rotatable bonds is 3. The van der Waals surface area contributed by atoms with Crippen molar-refractivity contribution in [2.75, 3.05) is 11.9 Å². The molecule has 0 aliphatic heterocycles. The number of nitrogens with one attached hydrogen (secondary N) is 1. The molecule has 2 rings (SSSR count). The van der Waals surface area contributed by atoms with Crippen LogP contribution in [0.5, 0.6) is 0 Å². The average Bonchev–Trinajstić information content (AvgIpc) is 2.33. The standard InChI is InChI=1S/C13H19BrClN3/c1-9-3-2-4-13(6-9,8-16)18-12-11(15)5-10(14)7-17-12/h5,7,9H,2-4,6,8,16H2,1H3,(H,17,18). The Hall–Kier alpha value is -0.320. The summed E-state index contributed by atoms with van der Waals surface area (Å²) in [4.78, 5) is 4.34. The summed E-state index contributed by atoms with van der Waals surface area (Å²) in [6, 6.07) is 1.85. The van der Waals surface area contributed by atoms with Crippen LogP contribution < -0.4 is 11.1 Å². The Kier molecular flexibility index (Phi) is 4.51. The summed E-state index contributed by atoms with van der Waals surface area (Å²) in [5.74, 6) is 1.43. The maximum absolute atomic E-state index is 6.21. The van der Waals surface area contributed by atoms with E-state index in [1.165, 1.54) is 12.8 Å². The molecule has 3 nitrogen and oxygen atoms in total. The van der Waals surface area contributed by atoms with Gasteiger partial charge >= 0.3 is 0 Å². The van der Waals surface area contributed by atoms with Crippen LogP contribution in [0.2, 0.25) is 5.02 Å². The summed E-state index contributed by atoms with van der Waals surface area (Å²) in [6.45, 7) is 2.90. The lowest BCUT2D eigenvalue weighted by Crippen LogP contribution is -2.49. The molecular formula is C13H19BrClN3. The van der Waals surface area contributed by atoms with Crippen LogP contribution in [0.25, 0.3) is 0 Å². The Bertz CT molecular complexity index is 427. The van der Waals surface area contributed by atoms with Crippen LogP contribution in [-0.2, 0) is 0 Å². The third-order valence-corrected chi connectivity index (χ3v) is 4.40. The van der Waals surface area contributed by atoms with Crippen molar-refractivity contribution < 1.29 is 0 Å². The molecule has 0 saturated heterocycles. The lowest BCUT2D eigenvalue weighted by molar-refractivity contribution is 0.263. The molecule has 1 aromatic rings. The molecule has 1 fully saturated rings. The molecule has 0 bridgehead atoms. The molecule has 0 amide bonds. The highest BCUT2D eigenvalue weighted by atomic mass is 79.9. The monoisotopic (exact) mass is 331 g/mol. The van der Waals surface area contributed by atoms with E-state index in [0.717, 1.165) is 23.1 Å². The first-order valence-electron chi connectivity index (χ1n) is 6.34. The van der Waals surface area contributed by atoms with Crippen LogP contribution in [0.1, 0.15) is 32.6 Å². The number of pyridine rings is 1. The van der Waals surface area contributed by atoms with Gasteiger partial charge in [-0.1, -0.05) is 31.4 Å². The maximum atomic E-state index is 6.21. The first kappa shape index (κ1) is 14.1. The van der Waals surface area contributed by atoms with Crippen molar-refractivity contribution in [2.24, 2.45) is 11.7 Å². The predicted octanol–water partition coefficient (Wildman–Crippen LogP) is 3.82. The molecule has 1 aliphatic rings. The molecule has 0 aromatic carbocycles. The van der Waals surface area contributed by atoms with Gasteiger partial charge in [0, 0.05) is 17.2 Å². The number of hydrogen-bond donors (Lipinski definition) is 2. The molecule has 5 heteroatoms. The van der Waals surface area contributed by atoms with E-state index in [-0.39, 0.29) is 5.54 Å². The van der Waals surface area contributed by atoms with Crippen LogP contribution in [0.4, 0.5) is 5.82 Å². The minimum atomic E-state index is -0.0534. The Labute approximate surface area is 122 Å². The largest absolute Gasteiger partial charge is 0.362 e. The van der Waals surface area contributed by atoms with Gasteiger partial charge in [0.25, 0.3) is 0 Å². The van der Waals surface area contributed by atoms with Crippen molar-refractivity contribution in [3.05, 3.63) is 21.8 Å². The summed E-state index contributed by atoms with van der Waals surface area (Å²) < 4.78 is 0.886. The summed E-state index contributed by atoms with van der Waals surface area (Å²) in [5.41, 5.74) is 5.93. The fourth-order valence-electron chi connectivity index (χ4n) is 2.77. The fraction of sp³-hybridized carbons (Fsp3) is 0.615. The number of nitrogens with two attached hydrogens (primary N) is 1. The van der Waals surface area contributed by atoms with E-state index in [1.54, 1.807) is 6.20 Å². The topological polar surface area (TPSA) is 50.9 Å². The van der Waals surface area contributed by atoms with Crippen molar-refractivity contribution >= 4 is 33.3 Å². The number of hydrogen-bond acceptors (Lipinski definition) is 3. The van der Waals surface area contributed by atoms with Gasteiger partial charge < -0.3 is 11.1 Å². The highest BCUT2D eigenvalue weighted by molar-refractivity contribution is 9.10. The smallest absolute Gasteiger partial charge is 0.145 e. The van der Waals surface area contributed by atoms with E-state index in [0.29, 0.717) is 17.5 Å². The van der Waals surface area contributed by atoms with Gasteiger partial charge in [-0.05, 0) is 40.8 Å². The molecule has 3 N–H and O–H groups in total. The van der Waals surface area contributed by atoms with Crippen molar-refractivity contribution in [1.29, 1.82) is 0 Å². The van der Waals surface area contributed by atoms with Crippen molar-refractivity contribution in [1.82, 2.24) is 4.98 Å². The highest BCUT2D eigenvalue weighted by Crippen LogP contribution is 2.35. The van der Waals surface area contributed by atoms with E-state index in [2.05, 4.69) is 33.2 Å². The van der Waals surface area contributed by atoms with E-state index in [4.69, 9.17) is 17.3 Å². The maximum Gasteiger partial charge on any atom is 0.145 e. The minimum Gasteiger partial charge on any atom is -0.362 e. The molecule has 0 radical (unpaired) electrons. The van der Waals surface area contributed by atoms with Crippen molar-refractivity contribution in [3.63, 3.8) is 0 Å². The second-order valence-corrected chi connectivity index (χ2v) is 6.62. The second-order valence-electron chi connectivity index (χ2n) is 5.29. The number of anilines is 1. The summed E-state index contributed by atoms with van der Waals surface area (Å²) in [7, 11) is 0. The van der Waals surface area contributed by atoms with E-state index < -0.39 is 0 Å². The third-order valence-electron chi connectivity index (χ3n) is 3.67. The number of halogens is 2. The minimum absolute atomic E-state index is 0.0534. The van der Waals surface area contributed by atoms with Crippen LogP contribution in [0.3, 0.4) is 0 Å². The zero-order valence-corrected chi connectivity index (χ0v) is 12.9. The van der Waals surface area contributed by atoms with Gasteiger partial charge in [-0.25, -0.2) is 4.98 Å². The van der Waals surface area contributed by atoms with Crippen LogP contribution in [0.15, 0.2) is 16.7 Å². The lowest BCUT2D eigenvalue weighted by atomic mass is 9.76. The summed E-state index contributed by atoms with van der Waals surface area (Å²) in [5, 5.41) is 4.12. The molecule has 18 heavy (non-hydrogen) atoms. The van der Waals surface area contributed by atoms with Crippen LogP contribution in [0, 0.1) is 5.92 Å². The van der Waals surface area contributed by atoms with Crippen molar-refractivity contribution in [3.8, 4) is 0 Å². The Balaban J connectivity index is 2.19. The molecule has 0 spiro atoms. The SMILES string of the molecule is CC1CCCC(CN)(Nc2ncc(Br)cc2Cl)C1. The van der Waals surface area contributed by atoms with Crippen molar-refractivity contribution in [2.45, 2.75) is 38.1 Å². The lowest BCUT2D eigenvalue weighted by Gasteiger charge is -2.40. The van der Waals surface area contributed by atoms with Gasteiger partial charge in [-0.15, -0.1) is 0 Å². The van der Waals surface area contributed by atoms with E-state index in [1.807, 2.05) is 6.07 Å². The molecular weight excluding hydrogens is 314 g/mol. The van der Waals surface area contributed by atoms with E-state index in [9.17, 15) is 0 Å². The third kappa shape index (κ3) is 3.16. The average molecular weight is 333 g/mol. The quantitative estimate of drug-likeness (QED) is 0.884. The van der Waals surface area contributed by atoms with Gasteiger partial charge in [0.15, 0.2) is 0 Å². The second kappa shape index (κ2) is 5.76. The summed E-state index contributed by atoms with van der Waals surface area (Å²) in [6.07, 6.45) is 6.41. The predicted molar refractivity (Wildman–Crippen MR) is 80.0 cm³/mol. The normalized spacial score (nSPS) is 28.1. The first-order valence-corrected chi connectivity index (χ1v) is 7.51. The Morgan fingerprint density at radius 1 is 1.67 bits per heavy atom. The van der Waals surface area contributed by atoms with Gasteiger partial charge in [0.1, 0.15) is 5.82 Å². The highest BCUT2D eigenvalue weighted by Gasteiger charge is 2.34. The molecule has 2 atom stereocenters. The van der Waals surface area contributed by atoms with Gasteiger partial charge in [-0.2, -0.15) is 0 Å². The molecule has 100 valence electrons. The van der Waals surface area contributed by atoms with Gasteiger partial charge in [0.05, 0.1) is 10.6 Å². The Morgan fingerprint density at radius 3 is 3.06 bits per heavy atom. The molecule has 2 unspecified atom stereocenters. The summed E-state index contributed by atoms with van der Waals surface area (Å²) >= 11 is 9.57. The Morgan fingerprint density at radius 2 is 2.44 bits per heavy atom. The fourth-order valence-corrected chi connectivity index (χ4v) is 3.44. The number of aromatic nitrogens is 1. The van der Waals surface area contributed by atoms with Crippen LogP contribution >= 0.6 is 27.5 Å². The van der Waals surface area contributed by atoms with Gasteiger partial charge in [0.2, 0.25) is 0 Å². The van der Waals surface area contributed by atoms with E-state index >= 15 is 0 Å². The number of nitrogens with zero attached hydrogens (tertiary/aromatic N) is 1. The van der Waals surface area contributed by atoms with Crippen LogP contribution in [-0.4, -0.2) is 17.1 Å². The zero-order chi connectivity index (χ0) is 13.2.